The van der Waals surface area contributed by atoms with Crippen molar-refractivity contribution in [1.82, 2.24) is 19.7 Å². The van der Waals surface area contributed by atoms with E-state index in [1.54, 1.807) is 61.6 Å². The van der Waals surface area contributed by atoms with E-state index in [-0.39, 0.29) is 5.69 Å². The molecule has 0 aliphatic carbocycles. The number of pyridine rings is 2. The first kappa shape index (κ1) is 25.5. The van der Waals surface area contributed by atoms with Gasteiger partial charge >= 0.3 is 0 Å². The zero-order chi connectivity index (χ0) is 26.2. The SMILES string of the molecule is C=CCCOc1cn(CCC)nc1C(=O)Nc1ccc(Oc2ccnc3cc(OC)c(OC)cc23)cn1. The van der Waals surface area contributed by atoms with Gasteiger partial charge in [-0.3, -0.25) is 14.5 Å². The summed E-state index contributed by atoms with van der Waals surface area (Å²) < 4.78 is 24.3. The van der Waals surface area contributed by atoms with Crippen LogP contribution in [0.1, 0.15) is 30.3 Å². The van der Waals surface area contributed by atoms with Gasteiger partial charge in [-0.2, -0.15) is 5.10 Å². The quantitative estimate of drug-likeness (QED) is 0.206. The van der Waals surface area contributed by atoms with E-state index in [1.807, 2.05) is 13.0 Å². The molecule has 10 heteroatoms. The summed E-state index contributed by atoms with van der Waals surface area (Å²) in [6, 6.07) is 8.72. The number of rotatable bonds is 12. The second-order valence-corrected chi connectivity index (χ2v) is 8.00. The maximum Gasteiger partial charge on any atom is 0.281 e. The molecule has 1 amide bonds. The Hall–Kier alpha value is -4.60. The van der Waals surface area contributed by atoms with Crippen LogP contribution in [0.2, 0.25) is 0 Å². The minimum atomic E-state index is -0.411. The Morgan fingerprint density at radius 3 is 2.59 bits per heavy atom. The molecule has 0 radical (unpaired) electrons. The lowest BCUT2D eigenvalue weighted by molar-refractivity contribution is 0.101. The third kappa shape index (κ3) is 5.97. The fourth-order valence-electron chi connectivity index (χ4n) is 3.62. The van der Waals surface area contributed by atoms with Crippen LogP contribution in [0.4, 0.5) is 5.82 Å². The van der Waals surface area contributed by atoms with Crippen molar-refractivity contribution in [3.63, 3.8) is 0 Å². The molecule has 0 spiro atoms. The summed E-state index contributed by atoms with van der Waals surface area (Å²) >= 11 is 0. The Morgan fingerprint density at radius 1 is 1.08 bits per heavy atom. The summed E-state index contributed by atoms with van der Waals surface area (Å²) in [5.74, 6) is 2.57. The van der Waals surface area contributed by atoms with Gasteiger partial charge < -0.3 is 24.3 Å². The van der Waals surface area contributed by atoms with Gasteiger partial charge in [0, 0.05) is 24.2 Å². The van der Waals surface area contributed by atoms with E-state index >= 15 is 0 Å². The van der Waals surface area contributed by atoms with Crippen LogP contribution >= 0.6 is 0 Å². The number of benzene rings is 1. The van der Waals surface area contributed by atoms with Crippen molar-refractivity contribution in [3.8, 4) is 28.7 Å². The van der Waals surface area contributed by atoms with Gasteiger partial charge in [-0.25, -0.2) is 4.98 Å². The minimum Gasteiger partial charge on any atom is -0.493 e. The molecule has 37 heavy (non-hydrogen) atoms. The number of carbonyl (C=O) groups is 1. The molecule has 1 N–H and O–H groups in total. The lowest BCUT2D eigenvalue weighted by Gasteiger charge is -2.12. The molecule has 0 aliphatic rings. The van der Waals surface area contributed by atoms with Crippen LogP contribution < -0.4 is 24.3 Å². The lowest BCUT2D eigenvalue weighted by Crippen LogP contribution is -2.15. The molecule has 4 aromatic rings. The maximum absolute atomic E-state index is 12.9. The Bertz CT molecular complexity index is 1380. The van der Waals surface area contributed by atoms with Crippen LogP contribution in [-0.4, -0.2) is 46.5 Å². The fourth-order valence-corrected chi connectivity index (χ4v) is 3.62. The number of nitrogens with zero attached hydrogens (tertiary/aromatic N) is 4. The van der Waals surface area contributed by atoms with Gasteiger partial charge in [0.05, 0.1) is 38.7 Å². The van der Waals surface area contributed by atoms with Crippen LogP contribution in [-0.2, 0) is 6.54 Å². The van der Waals surface area contributed by atoms with E-state index in [1.165, 1.54) is 6.20 Å². The molecule has 3 aromatic heterocycles. The zero-order valence-electron chi connectivity index (χ0n) is 21.1. The Morgan fingerprint density at radius 2 is 1.89 bits per heavy atom. The van der Waals surface area contributed by atoms with E-state index in [4.69, 9.17) is 18.9 Å². The summed E-state index contributed by atoms with van der Waals surface area (Å²) in [5, 5.41) is 7.90. The van der Waals surface area contributed by atoms with Crippen molar-refractivity contribution in [1.29, 1.82) is 0 Å². The number of methoxy groups -OCH3 is 2. The predicted molar refractivity (Wildman–Crippen MR) is 140 cm³/mol. The number of aromatic nitrogens is 4. The maximum atomic E-state index is 12.9. The topological polar surface area (TPSA) is 110 Å². The van der Waals surface area contributed by atoms with E-state index in [0.717, 1.165) is 11.8 Å². The van der Waals surface area contributed by atoms with Crippen LogP contribution in [0, 0.1) is 0 Å². The summed E-state index contributed by atoms with van der Waals surface area (Å²) in [6.45, 7) is 6.82. The second kappa shape index (κ2) is 11.9. The predicted octanol–water partition coefficient (Wildman–Crippen LogP) is 5.25. The molecular weight excluding hydrogens is 474 g/mol. The first-order valence-electron chi connectivity index (χ1n) is 11.8. The highest BCUT2D eigenvalue weighted by molar-refractivity contribution is 6.04. The largest absolute Gasteiger partial charge is 0.493 e. The molecule has 0 aliphatic heterocycles. The minimum absolute atomic E-state index is 0.201. The van der Waals surface area contributed by atoms with Gasteiger partial charge in [0.1, 0.15) is 17.3 Å². The van der Waals surface area contributed by atoms with Crippen molar-refractivity contribution in [2.24, 2.45) is 0 Å². The van der Waals surface area contributed by atoms with Crippen LogP contribution in [0.5, 0.6) is 28.7 Å². The fraction of sp³-hybridized carbons (Fsp3) is 0.259. The average Bonchev–Trinajstić information content (AvgIpc) is 3.32. The van der Waals surface area contributed by atoms with Crippen molar-refractivity contribution in [2.45, 2.75) is 26.3 Å². The zero-order valence-corrected chi connectivity index (χ0v) is 21.1. The molecule has 1 aromatic carbocycles. The molecule has 0 saturated carbocycles. The summed E-state index contributed by atoms with van der Waals surface area (Å²) in [4.78, 5) is 21.6. The van der Waals surface area contributed by atoms with Gasteiger partial charge in [-0.1, -0.05) is 13.0 Å². The normalized spacial score (nSPS) is 10.7. The smallest absolute Gasteiger partial charge is 0.281 e. The van der Waals surface area contributed by atoms with Crippen LogP contribution in [0.15, 0.2) is 61.6 Å². The average molecular weight is 504 g/mol. The molecule has 0 bridgehead atoms. The number of hydrogen-bond acceptors (Lipinski definition) is 8. The third-order valence-corrected chi connectivity index (χ3v) is 5.39. The summed E-state index contributed by atoms with van der Waals surface area (Å²) in [5.41, 5.74) is 0.896. The number of nitrogens with one attached hydrogen (secondary N) is 1. The van der Waals surface area contributed by atoms with Crippen molar-refractivity contribution in [2.75, 3.05) is 26.1 Å². The molecule has 4 rings (SSSR count). The summed E-state index contributed by atoms with van der Waals surface area (Å²) in [7, 11) is 3.14. The van der Waals surface area contributed by atoms with E-state index < -0.39 is 5.91 Å². The van der Waals surface area contributed by atoms with Gasteiger partial charge in [-0.15, -0.1) is 6.58 Å². The monoisotopic (exact) mass is 503 g/mol. The first-order valence-corrected chi connectivity index (χ1v) is 11.8. The molecule has 0 atom stereocenters. The standard InChI is InChI=1S/C27H29N5O5/c1-5-7-13-36-24-17-32(12-6-2)31-26(24)27(33)30-25-9-8-18(16-29-25)37-21-10-11-28-20-15-23(35-4)22(34-3)14-19(20)21/h5,8-11,14-17H,1,6-7,12-13H2,2-4H3,(H,29,30,33). The van der Waals surface area contributed by atoms with Gasteiger partial charge in [0.15, 0.2) is 22.9 Å². The third-order valence-electron chi connectivity index (χ3n) is 5.39. The molecular formula is C27H29N5O5. The van der Waals surface area contributed by atoms with Gasteiger partial charge in [-0.05, 0) is 37.1 Å². The highest BCUT2D eigenvalue weighted by Gasteiger charge is 2.19. The first-order chi connectivity index (χ1) is 18.1. The van der Waals surface area contributed by atoms with E-state index in [9.17, 15) is 4.79 Å². The highest BCUT2D eigenvalue weighted by Crippen LogP contribution is 2.36. The Balaban J connectivity index is 1.49. The highest BCUT2D eigenvalue weighted by atomic mass is 16.5. The van der Waals surface area contributed by atoms with Crippen LogP contribution in [0.3, 0.4) is 0 Å². The molecule has 0 unspecified atom stereocenters. The Kier molecular flexibility index (Phi) is 8.19. The number of carbonyl (C=O) groups excluding carboxylic acids is 1. The number of ether oxygens (including phenoxy) is 4. The molecule has 192 valence electrons. The number of hydrogen-bond donors (Lipinski definition) is 1. The Labute approximate surface area is 214 Å². The van der Waals surface area contributed by atoms with Crippen LogP contribution in [0.25, 0.3) is 10.9 Å². The van der Waals surface area contributed by atoms with Gasteiger partial charge in [0.25, 0.3) is 5.91 Å². The lowest BCUT2D eigenvalue weighted by atomic mass is 10.2. The van der Waals surface area contributed by atoms with Gasteiger partial charge in [0.2, 0.25) is 0 Å². The number of aryl methyl sites for hydroxylation is 1. The summed E-state index contributed by atoms with van der Waals surface area (Å²) in [6.07, 6.45) is 8.21. The van der Waals surface area contributed by atoms with Crippen molar-refractivity contribution < 1.29 is 23.7 Å². The molecule has 10 nitrogen and oxygen atoms in total. The van der Waals surface area contributed by atoms with E-state index in [2.05, 4.69) is 27.0 Å². The van der Waals surface area contributed by atoms with Crippen molar-refractivity contribution >= 4 is 22.6 Å². The second-order valence-electron chi connectivity index (χ2n) is 8.00. The number of fused-ring (bicyclic) bond motifs is 1. The number of amides is 1. The molecule has 0 saturated heterocycles. The van der Waals surface area contributed by atoms with E-state index in [0.29, 0.717) is 59.7 Å². The molecule has 3 heterocycles. The van der Waals surface area contributed by atoms with Crippen molar-refractivity contribution in [3.05, 3.63) is 67.3 Å². The molecule has 0 fully saturated rings. The number of anilines is 1.